The summed E-state index contributed by atoms with van der Waals surface area (Å²) in [4.78, 5) is 0. The van der Waals surface area contributed by atoms with Gasteiger partial charge in [-0.3, -0.25) is 0 Å². The van der Waals surface area contributed by atoms with E-state index in [0.29, 0.717) is 5.41 Å². The van der Waals surface area contributed by atoms with Crippen LogP contribution in [0.15, 0.2) is 24.4 Å². The summed E-state index contributed by atoms with van der Waals surface area (Å²) >= 11 is 6.17. The van der Waals surface area contributed by atoms with Gasteiger partial charge in [-0.25, -0.2) is 0 Å². The Morgan fingerprint density at radius 2 is 2.00 bits per heavy atom. The Morgan fingerprint density at radius 3 is 2.65 bits per heavy atom. The van der Waals surface area contributed by atoms with Crippen molar-refractivity contribution in [3.05, 3.63) is 35.0 Å². The molecule has 0 atom stereocenters. The van der Waals surface area contributed by atoms with Gasteiger partial charge in [-0.1, -0.05) is 45.4 Å². The van der Waals surface area contributed by atoms with E-state index in [-0.39, 0.29) is 0 Å². The second-order valence-corrected chi connectivity index (χ2v) is 7.04. The number of fused-ring (bicyclic) bond motifs is 1. The average molecular weight is 293 g/mol. The summed E-state index contributed by atoms with van der Waals surface area (Å²) < 4.78 is 2.35. The monoisotopic (exact) mass is 292 g/mol. The first-order chi connectivity index (χ1) is 9.40. The number of hydrogen-bond donors (Lipinski definition) is 1. The Balaban J connectivity index is 2.34. The van der Waals surface area contributed by atoms with Crippen molar-refractivity contribution in [2.75, 3.05) is 6.54 Å². The SMILES string of the molecule is CCNCc1cn(CCC(C)(C)C)c2cc(Cl)ccc12. The molecule has 0 amide bonds. The minimum absolute atomic E-state index is 0.344. The molecule has 0 radical (unpaired) electrons. The quantitative estimate of drug-likeness (QED) is 0.834. The number of rotatable bonds is 5. The Labute approximate surface area is 127 Å². The van der Waals surface area contributed by atoms with Crippen LogP contribution in [0.3, 0.4) is 0 Å². The van der Waals surface area contributed by atoms with E-state index in [1.807, 2.05) is 6.07 Å². The van der Waals surface area contributed by atoms with Crippen LogP contribution in [0, 0.1) is 5.41 Å². The van der Waals surface area contributed by atoms with Crippen LogP contribution >= 0.6 is 11.6 Å². The number of nitrogens with one attached hydrogen (secondary N) is 1. The molecule has 2 rings (SSSR count). The smallest absolute Gasteiger partial charge is 0.0498 e. The van der Waals surface area contributed by atoms with Crippen LogP contribution in [0.25, 0.3) is 10.9 Å². The number of nitrogens with zero attached hydrogens (tertiary/aromatic N) is 1. The first kappa shape index (κ1) is 15.4. The first-order valence-corrected chi connectivity index (χ1v) is 7.76. The summed E-state index contributed by atoms with van der Waals surface area (Å²) in [6.07, 6.45) is 3.43. The molecular formula is C17H25ClN2. The van der Waals surface area contributed by atoms with Gasteiger partial charge in [0.25, 0.3) is 0 Å². The van der Waals surface area contributed by atoms with Gasteiger partial charge in [0.1, 0.15) is 0 Å². The Hall–Kier alpha value is -0.990. The van der Waals surface area contributed by atoms with Crippen molar-refractivity contribution in [3.63, 3.8) is 0 Å². The van der Waals surface area contributed by atoms with Gasteiger partial charge in [0.2, 0.25) is 0 Å². The lowest BCUT2D eigenvalue weighted by Gasteiger charge is -2.18. The zero-order chi connectivity index (χ0) is 14.8. The maximum Gasteiger partial charge on any atom is 0.0498 e. The third kappa shape index (κ3) is 3.77. The molecule has 0 aliphatic rings. The molecule has 20 heavy (non-hydrogen) atoms. The van der Waals surface area contributed by atoms with Crippen molar-refractivity contribution < 1.29 is 0 Å². The van der Waals surface area contributed by atoms with Gasteiger partial charge in [-0.2, -0.15) is 0 Å². The summed E-state index contributed by atoms with van der Waals surface area (Å²) in [5.74, 6) is 0. The lowest BCUT2D eigenvalue weighted by atomic mass is 9.92. The topological polar surface area (TPSA) is 17.0 Å². The summed E-state index contributed by atoms with van der Waals surface area (Å²) in [5, 5.41) is 5.53. The second-order valence-electron chi connectivity index (χ2n) is 6.60. The van der Waals surface area contributed by atoms with E-state index in [0.717, 1.165) is 31.1 Å². The molecule has 0 aliphatic carbocycles. The molecule has 0 spiro atoms. The van der Waals surface area contributed by atoms with Crippen molar-refractivity contribution >= 4 is 22.5 Å². The summed E-state index contributed by atoms with van der Waals surface area (Å²) in [6.45, 7) is 11.9. The van der Waals surface area contributed by atoms with Gasteiger partial charge in [0, 0.05) is 35.2 Å². The number of halogens is 1. The normalized spacial score (nSPS) is 12.2. The third-order valence-corrected chi connectivity index (χ3v) is 3.83. The molecule has 3 heteroatoms. The molecule has 0 fully saturated rings. The lowest BCUT2D eigenvalue weighted by molar-refractivity contribution is 0.353. The van der Waals surface area contributed by atoms with Crippen LogP contribution < -0.4 is 5.32 Å². The van der Waals surface area contributed by atoms with Crippen LogP contribution in [0.5, 0.6) is 0 Å². The number of benzene rings is 1. The zero-order valence-electron chi connectivity index (χ0n) is 13.0. The van der Waals surface area contributed by atoms with Gasteiger partial charge in [0.05, 0.1) is 0 Å². The highest BCUT2D eigenvalue weighted by molar-refractivity contribution is 6.31. The Morgan fingerprint density at radius 1 is 1.25 bits per heavy atom. The average Bonchev–Trinajstić information content (AvgIpc) is 2.70. The molecule has 1 aromatic carbocycles. The lowest BCUT2D eigenvalue weighted by Crippen LogP contribution is -2.11. The Kier molecular flexibility index (Phi) is 4.77. The maximum absolute atomic E-state index is 6.17. The highest BCUT2D eigenvalue weighted by Gasteiger charge is 2.13. The van der Waals surface area contributed by atoms with E-state index >= 15 is 0 Å². The fraction of sp³-hybridized carbons (Fsp3) is 0.529. The van der Waals surface area contributed by atoms with Crippen LogP contribution in [-0.2, 0) is 13.1 Å². The number of aromatic nitrogens is 1. The molecule has 2 aromatic rings. The minimum Gasteiger partial charge on any atom is -0.347 e. The minimum atomic E-state index is 0.344. The van der Waals surface area contributed by atoms with E-state index in [2.05, 4.69) is 55.9 Å². The molecular weight excluding hydrogens is 268 g/mol. The van der Waals surface area contributed by atoms with Crippen molar-refractivity contribution in [2.24, 2.45) is 5.41 Å². The molecule has 0 unspecified atom stereocenters. The van der Waals surface area contributed by atoms with Crippen LogP contribution in [-0.4, -0.2) is 11.1 Å². The number of hydrogen-bond acceptors (Lipinski definition) is 1. The fourth-order valence-electron chi connectivity index (χ4n) is 2.38. The highest BCUT2D eigenvalue weighted by atomic mass is 35.5. The van der Waals surface area contributed by atoms with Crippen LogP contribution in [0.1, 0.15) is 39.7 Å². The van der Waals surface area contributed by atoms with Crippen molar-refractivity contribution in [2.45, 2.75) is 47.2 Å². The van der Waals surface area contributed by atoms with E-state index in [4.69, 9.17) is 11.6 Å². The van der Waals surface area contributed by atoms with E-state index in [1.165, 1.54) is 16.5 Å². The molecule has 1 heterocycles. The summed E-state index contributed by atoms with van der Waals surface area (Å²) in [7, 11) is 0. The second kappa shape index (κ2) is 6.19. The van der Waals surface area contributed by atoms with Crippen molar-refractivity contribution in [3.8, 4) is 0 Å². The van der Waals surface area contributed by atoms with Crippen molar-refractivity contribution in [1.29, 1.82) is 0 Å². The molecule has 0 bridgehead atoms. The van der Waals surface area contributed by atoms with Crippen LogP contribution in [0.2, 0.25) is 5.02 Å². The van der Waals surface area contributed by atoms with E-state index < -0.39 is 0 Å². The predicted molar refractivity (Wildman–Crippen MR) is 88.4 cm³/mol. The zero-order valence-corrected chi connectivity index (χ0v) is 13.7. The maximum atomic E-state index is 6.17. The Bertz CT molecular complexity index is 578. The first-order valence-electron chi connectivity index (χ1n) is 7.39. The molecule has 0 aliphatic heterocycles. The predicted octanol–water partition coefficient (Wildman–Crippen LogP) is 4.84. The molecule has 0 saturated heterocycles. The largest absolute Gasteiger partial charge is 0.347 e. The summed E-state index contributed by atoms with van der Waals surface area (Å²) in [6, 6.07) is 6.19. The van der Waals surface area contributed by atoms with Gasteiger partial charge in [0.15, 0.2) is 0 Å². The number of aryl methyl sites for hydroxylation is 1. The van der Waals surface area contributed by atoms with Gasteiger partial charge >= 0.3 is 0 Å². The highest BCUT2D eigenvalue weighted by Crippen LogP contribution is 2.27. The molecule has 2 nitrogen and oxygen atoms in total. The van der Waals surface area contributed by atoms with Gasteiger partial charge in [-0.15, -0.1) is 0 Å². The molecule has 1 N–H and O–H groups in total. The molecule has 1 aromatic heterocycles. The summed E-state index contributed by atoms with van der Waals surface area (Å²) in [5.41, 5.74) is 2.94. The van der Waals surface area contributed by atoms with Gasteiger partial charge < -0.3 is 9.88 Å². The standard InChI is InChI=1S/C17H25ClN2/c1-5-19-11-13-12-20(9-8-17(2,3)4)16-10-14(18)6-7-15(13)16/h6-7,10,12,19H,5,8-9,11H2,1-4H3. The van der Waals surface area contributed by atoms with E-state index in [1.54, 1.807) is 0 Å². The fourth-order valence-corrected chi connectivity index (χ4v) is 2.55. The van der Waals surface area contributed by atoms with Gasteiger partial charge in [-0.05, 0) is 36.1 Å². The molecule has 0 saturated carbocycles. The van der Waals surface area contributed by atoms with E-state index in [9.17, 15) is 0 Å². The third-order valence-electron chi connectivity index (χ3n) is 3.59. The van der Waals surface area contributed by atoms with Crippen LogP contribution in [0.4, 0.5) is 0 Å². The van der Waals surface area contributed by atoms with Crippen molar-refractivity contribution in [1.82, 2.24) is 9.88 Å². The molecule has 110 valence electrons.